The predicted molar refractivity (Wildman–Crippen MR) is 81.7 cm³/mol. The lowest BCUT2D eigenvalue weighted by Gasteiger charge is -2.24. The Hall–Kier alpha value is -1.27. The average molecular weight is 291 g/mol. The van der Waals surface area contributed by atoms with Gasteiger partial charge in [-0.1, -0.05) is 24.3 Å². The summed E-state index contributed by atoms with van der Waals surface area (Å²) in [5, 5.41) is 2.45. The van der Waals surface area contributed by atoms with Gasteiger partial charge in [0.25, 0.3) is 0 Å². The third-order valence-electron chi connectivity index (χ3n) is 3.59. The zero-order chi connectivity index (χ0) is 14.4. The van der Waals surface area contributed by atoms with Gasteiger partial charge < -0.3 is 13.3 Å². The lowest BCUT2D eigenvalue weighted by atomic mass is 10.1. The van der Waals surface area contributed by atoms with Crippen LogP contribution in [0, 0.1) is 0 Å². The van der Waals surface area contributed by atoms with E-state index in [2.05, 4.69) is 17.1 Å². The van der Waals surface area contributed by atoms with Gasteiger partial charge in [-0.05, 0) is 24.3 Å². The topological polar surface area (TPSA) is 40.6 Å². The minimum Gasteiger partial charge on any atom is -0.377 e. The van der Waals surface area contributed by atoms with Gasteiger partial charge in [0.15, 0.2) is 0 Å². The smallest absolute Gasteiger partial charge is 0.377 e. The van der Waals surface area contributed by atoms with Crippen molar-refractivity contribution in [3.8, 4) is 0 Å². The first-order valence-corrected chi connectivity index (χ1v) is 8.66. The van der Waals surface area contributed by atoms with E-state index in [4.69, 9.17) is 13.3 Å². The molecule has 108 valence electrons. The standard InChI is InChI=1S/C15H21NO3Si/c1-17-20(18-2,19-3)12-6-9-15-14-8-5-4-7-13(14)10-11-16-15/h4-5,7-8,10-11H,6,9,12H2,1-3H3. The van der Waals surface area contributed by atoms with E-state index in [0.29, 0.717) is 0 Å². The van der Waals surface area contributed by atoms with Crippen LogP contribution in [-0.2, 0) is 19.7 Å². The Morgan fingerprint density at radius 3 is 2.40 bits per heavy atom. The van der Waals surface area contributed by atoms with Crippen molar-refractivity contribution in [1.82, 2.24) is 4.98 Å². The Morgan fingerprint density at radius 2 is 1.70 bits per heavy atom. The molecule has 4 nitrogen and oxygen atoms in total. The molecule has 0 unspecified atom stereocenters. The molecule has 20 heavy (non-hydrogen) atoms. The molecule has 0 N–H and O–H groups in total. The van der Waals surface area contributed by atoms with Gasteiger partial charge in [0, 0.05) is 44.7 Å². The van der Waals surface area contributed by atoms with Crippen LogP contribution in [0.3, 0.4) is 0 Å². The second kappa shape index (κ2) is 6.94. The van der Waals surface area contributed by atoms with Crippen molar-refractivity contribution in [2.24, 2.45) is 0 Å². The molecule has 0 spiro atoms. The fourth-order valence-corrected chi connectivity index (χ4v) is 4.13. The number of aryl methyl sites for hydroxylation is 1. The minimum atomic E-state index is -2.47. The summed E-state index contributed by atoms with van der Waals surface area (Å²) in [5.74, 6) is 0. The van der Waals surface area contributed by atoms with Gasteiger partial charge in [0.05, 0.1) is 0 Å². The second-order valence-corrected chi connectivity index (χ2v) is 7.72. The molecule has 2 aromatic rings. The van der Waals surface area contributed by atoms with E-state index in [9.17, 15) is 0 Å². The van der Waals surface area contributed by atoms with Crippen LogP contribution in [0.1, 0.15) is 12.1 Å². The number of benzene rings is 1. The third kappa shape index (κ3) is 3.24. The number of hydrogen-bond donors (Lipinski definition) is 0. The van der Waals surface area contributed by atoms with Crippen LogP contribution in [0.4, 0.5) is 0 Å². The van der Waals surface area contributed by atoms with E-state index in [1.54, 1.807) is 21.3 Å². The van der Waals surface area contributed by atoms with E-state index >= 15 is 0 Å². The van der Waals surface area contributed by atoms with Crippen molar-refractivity contribution in [2.75, 3.05) is 21.3 Å². The lowest BCUT2D eigenvalue weighted by Crippen LogP contribution is -2.42. The maximum atomic E-state index is 5.44. The minimum absolute atomic E-state index is 0.793. The summed E-state index contributed by atoms with van der Waals surface area (Å²) in [7, 11) is 2.48. The van der Waals surface area contributed by atoms with E-state index in [1.807, 2.05) is 24.4 Å². The van der Waals surface area contributed by atoms with E-state index in [0.717, 1.165) is 24.6 Å². The maximum Gasteiger partial charge on any atom is 0.500 e. The molecule has 0 saturated heterocycles. The summed E-state index contributed by atoms with van der Waals surface area (Å²) in [6.45, 7) is 0. The Balaban J connectivity index is 2.06. The van der Waals surface area contributed by atoms with Crippen LogP contribution in [-0.4, -0.2) is 35.1 Å². The zero-order valence-corrected chi connectivity index (χ0v) is 13.3. The lowest BCUT2D eigenvalue weighted by molar-refractivity contribution is 0.123. The van der Waals surface area contributed by atoms with Gasteiger partial charge in [0.1, 0.15) is 0 Å². The first kappa shape index (κ1) is 15.1. The molecule has 0 saturated carbocycles. The van der Waals surface area contributed by atoms with Crippen molar-refractivity contribution in [2.45, 2.75) is 18.9 Å². The molecule has 0 bridgehead atoms. The van der Waals surface area contributed by atoms with Crippen molar-refractivity contribution >= 4 is 19.6 Å². The SMILES string of the molecule is CO[Si](CCCc1nccc2ccccc12)(OC)OC. The summed E-state index contributed by atoms with van der Waals surface area (Å²) < 4.78 is 16.3. The first-order chi connectivity index (χ1) is 9.74. The van der Waals surface area contributed by atoms with Gasteiger partial charge in [-0.15, -0.1) is 0 Å². The van der Waals surface area contributed by atoms with Crippen LogP contribution in [0.15, 0.2) is 36.5 Å². The quantitative estimate of drug-likeness (QED) is 0.735. The summed E-state index contributed by atoms with van der Waals surface area (Å²) in [6.07, 6.45) is 3.69. The molecular formula is C15H21NO3Si. The molecule has 1 heterocycles. The largest absolute Gasteiger partial charge is 0.500 e. The summed E-state index contributed by atoms with van der Waals surface area (Å²) in [5.41, 5.74) is 1.12. The molecule has 0 aliphatic heterocycles. The first-order valence-electron chi connectivity index (χ1n) is 6.73. The number of nitrogens with zero attached hydrogens (tertiary/aromatic N) is 1. The highest BCUT2D eigenvalue weighted by molar-refractivity contribution is 6.60. The molecule has 0 aliphatic carbocycles. The van der Waals surface area contributed by atoms with Gasteiger partial charge >= 0.3 is 8.80 Å². The number of pyridine rings is 1. The molecule has 0 amide bonds. The average Bonchev–Trinajstić information content (AvgIpc) is 2.52. The molecular weight excluding hydrogens is 270 g/mol. The molecule has 0 aliphatic rings. The van der Waals surface area contributed by atoms with E-state index < -0.39 is 8.80 Å². The van der Waals surface area contributed by atoms with Crippen molar-refractivity contribution in [1.29, 1.82) is 0 Å². The number of rotatable bonds is 7. The molecule has 0 fully saturated rings. The van der Waals surface area contributed by atoms with E-state index in [1.165, 1.54) is 10.8 Å². The fourth-order valence-electron chi connectivity index (χ4n) is 2.41. The molecule has 2 rings (SSSR count). The highest BCUT2D eigenvalue weighted by atomic mass is 28.4. The Labute approximate surface area is 121 Å². The van der Waals surface area contributed by atoms with Crippen molar-refractivity contribution < 1.29 is 13.3 Å². The van der Waals surface area contributed by atoms with Crippen LogP contribution < -0.4 is 0 Å². The van der Waals surface area contributed by atoms with Crippen LogP contribution in [0.25, 0.3) is 10.8 Å². The highest BCUT2D eigenvalue weighted by Gasteiger charge is 2.36. The Kier molecular flexibility index (Phi) is 5.25. The predicted octanol–water partition coefficient (Wildman–Crippen LogP) is 3.05. The molecule has 0 radical (unpaired) electrons. The molecule has 0 atom stereocenters. The van der Waals surface area contributed by atoms with E-state index in [-0.39, 0.29) is 0 Å². The van der Waals surface area contributed by atoms with Gasteiger partial charge in [-0.3, -0.25) is 4.98 Å². The van der Waals surface area contributed by atoms with Crippen molar-refractivity contribution in [3.05, 3.63) is 42.2 Å². The van der Waals surface area contributed by atoms with Crippen LogP contribution in [0.5, 0.6) is 0 Å². The Morgan fingerprint density at radius 1 is 1.00 bits per heavy atom. The summed E-state index contributed by atoms with van der Waals surface area (Å²) >= 11 is 0. The number of fused-ring (bicyclic) bond motifs is 1. The van der Waals surface area contributed by atoms with Gasteiger partial charge in [-0.2, -0.15) is 0 Å². The normalized spacial score (nSPS) is 11.9. The number of hydrogen-bond acceptors (Lipinski definition) is 4. The highest BCUT2D eigenvalue weighted by Crippen LogP contribution is 2.21. The number of aromatic nitrogens is 1. The molecule has 5 heteroatoms. The zero-order valence-electron chi connectivity index (χ0n) is 12.3. The van der Waals surface area contributed by atoms with Crippen LogP contribution >= 0.6 is 0 Å². The fraction of sp³-hybridized carbons (Fsp3) is 0.400. The third-order valence-corrected chi connectivity index (χ3v) is 6.42. The van der Waals surface area contributed by atoms with Gasteiger partial charge in [0.2, 0.25) is 0 Å². The second-order valence-electron chi connectivity index (χ2n) is 4.63. The van der Waals surface area contributed by atoms with Crippen molar-refractivity contribution in [3.63, 3.8) is 0 Å². The Bertz CT molecular complexity index is 544. The summed E-state index contributed by atoms with van der Waals surface area (Å²) in [4.78, 5) is 4.50. The van der Waals surface area contributed by atoms with Gasteiger partial charge in [-0.25, -0.2) is 0 Å². The maximum absolute atomic E-state index is 5.44. The van der Waals surface area contributed by atoms with Crippen LogP contribution in [0.2, 0.25) is 6.04 Å². The molecule has 1 aromatic carbocycles. The summed E-state index contributed by atoms with van der Waals surface area (Å²) in [6, 6.07) is 11.2. The molecule has 1 aromatic heterocycles. The monoisotopic (exact) mass is 291 g/mol.